The summed E-state index contributed by atoms with van der Waals surface area (Å²) in [6.07, 6.45) is 0. The van der Waals surface area contributed by atoms with Gasteiger partial charge in [0.1, 0.15) is 11.8 Å². The average Bonchev–Trinajstić information content (AvgIpc) is 2.38. The smallest absolute Gasteiger partial charge is 0.242 e. The van der Waals surface area contributed by atoms with Crippen molar-refractivity contribution in [1.29, 1.82) is 0 Å². The SMILES string of the molecule is COc1cc(NC(C)C(=O)NCC(C)C)c(Br)cc1Br. The van der Waals surface area contributed by atoms with Crippen molar-refractivity contribution in [1.82, 2.24) is 5.32 Å². The normalized spacial score (nSPS) is 12.2. The van der Waals surface area contributed by atoms with Crippen LogP contribution in [-0.4, -0.2) is 25.6 Å². The van der Waals surface area contributed by atoms with Gasteiger partial charge in [-0.05, 0) is 50.8 Å². The van der Waals surface area contributed by atoms with E-state index in [0.717, 1.165) is 14.6 Å². The average molecular weight is 408 g/mol. The molecule has 0 aliphatic carbocycles. The molecule has 0 spiro atoms. The molecule has 1 aromatic carbocycles. The summed E-state index contributed by atoms with van der Waals surface area (Å²) in [4.78, 5) is 12.0. The number of halogens is 2. The van der Waals surface area contributed by atoms with Crippen LogP contribution in [0.4, 0.5) is 5.69 Å². The summed E-state index contributed by atoms with van der Waals surface area (Å²) in [7, 11) is 1.61. The maximum absolute atomic E-state index is 12.0. The van der Waals surface area contributed by atoms with E-state index in [1.54, 1.807) is 7.11 Å². The molecular weight excluding hydrogens is 388 g/mol. The fourth-order valence-corrected chi connectivity index (χ4v) is 2.82. The second kappa shape index (κ2) is 7.88. The lowest BCUT2D eigenvalue weighted by Gasteiger charge is -2.18. The van der Waals surface area contributed by atoms with Gasteiger partial charge >= 0.3 is 0 Å². The maximum Gasteiger partial charge on any atom is 0.242 e. The van der Waals surface area contributed by atoms with Crippen molar-refractivity contribution in [2.24, 2.45) is 5.92 Å². The van der Waals surface area contributed by atoms with Gasteiger partial charge in [0, 0.05) is 17.1 Å². The van der Waals surface area contributed by atoms with Crippen molar-refractivity contribution in [2.45, 2.75) is 26.8 Å². The minimum atomic E-state index is -0.323. The third-order valence-electron chi connectivity index (χ3n) is 2.69. The van der Waals surface area contributed by atoms with E-state index in [0.29, 0.717) is 18.2 Å². The molecule has 0 saturated carbocycles. The van der Waals surface area contributed by atoms with Gasteiger partial charge in [-0.2, -0.15) is 0 Å². The van der Waals surface area contributed by atoms with Crippen molar-refractivity contribution >= 4 is 43.5 Å². The molecule has 2 N–H and O–H groups in total. The number of benzene rings is 1. The van der Waals surface area contributed by atoms with Crippen molar-refractivity contribution in [3.8, 4) is 5.75 Å². The molecule has 0 aliphatic heterocycles. The van der Waals surface area contributed by atoms with Gasteiger partial charge in [-0.15, -0.1) is 0 Å². The molecule has 112 valence electrons. The van der Waals surface area contributed by atoms with Gasteiger partial charge in [-0.1, -0.05) is 13.8 Å². The summed E-state index contributed by atoms with van der Waals surface area (Å²) in [5.74, 6) is 1.13. The Balaban J connectivity index is 2.75. The van der Waals surface area contributed by atoms with E-state index in [1.165, 1.54) is 0 Å². The molecule has 1 aromatic rings. The maximum atomic E-state index is 12.0. The molecule has 6 heteroatoms. The molecule has 0 aliphatic rings. The molecule has 1 atom stereocenters. The first-order valence-electron chi connectivity index (χ1n) is 6.42. The molecule has 0 bridgehead atoms. The van der Waals surface area contributed by atoms with Crippen LogP contribution in [0.2, 0.25) is 0 Å². The fraction of sp³-hybridized carbons (Fsp3) is 0.500. The number of methoxy groups -OCH3 is 1. The minimum Gasteiger partial charge on any atom is -0.495 e. The first kappa shape index (κ1) is 17.3. The van der Waals surface area contributed by atoms with E-state index in [2.05, 4.69) is 56.3 Å². The Morgan fingerprint density at radius 1 is 1.25 bits per heavy atom. The third-order valence-corrected chi connectivity index (χ3v) is 3.97. The van der Waals surface area contributed by atoms with Crippen LogP contribution in [0.15, 0.2) is 21.1 Å². The van der Waals surface area contributed by atoms with Crippen LogP contribution in [0.1, 0.15) is 20.8 Å². The van der Waals surface area contributed by atoms with Crippen LogP contribution in [0, 0.1) is 5.92 Å². The second-order valence-electron chi connectivity index (χ2n) is 4.97. The van der Waals surface area contributed by atoms with Crippen LogP contribution in [-0.2, 0) is 4.79 Å². The fourth-order valence-electron chi connectivity index (χ4n) is 1.55. The summed E-state index contributed by atoms with van der Waals surface area (Å²) in [5, 5.41) is 6.08. The monoisotopic (exact) mass is 406 g/mol. The molecule has 0 saturated heterocycles. The lowest BCUT2D eigenvalue weighted by molar-refractivity contribution is -0.121. The molecule has 1 amide bonds. The molecule has 20 heavy (non-hydrogen) atoms. The number of anilines is 1. The first-order chi connectivity index (χ1) is 9.35. The van der Waals surface area contributed by atoms with E-state index < -0.39 is 0 Å². The van der Waals surface area contributed by atoms with Crippen LogP contribution < -0.4 is 15.4 Å². The highest BCUT2D eigenvalue weighted by Crippen LogP contribution is 2.34. The summed E-state index contributed by atoms with van der Waals surface area (Å²) in [5.41, 5.74) is 0.817. The Morgan fingerprint density at radius 2 is 1.90 bits per heavy atom. The molecule has 0 fully saturated rings. The van der Waals surface area contributed by atoms with Gasteiger partial charge in [0.25, 0.3) is 0 Å². The van der Waals surface area contributed by atoms with Gasteiger partial charge in [0.2, 0.25) is 5.91 Å². The second-order valence-corrected chi connectivity index (χ2v) is 6.68. The number of rotatable bonds is 6. The van der Waals surface area contributed by atoms with E-state index in [-0.39, 0.29) is 11.9 Å². The van der Waals surface area contributed by atoms with Crippen LogP contribution in [0.3, 0.4) is 0 Å². The predicted octanol–water partition coefficient (Wildman–Crippen LogP) is 3.79. The molecule has 1 rings (SSSR count). The quantitative estimate of drug-likeness (QED) is 0.754. The van der Waals surface area contributed by atoms with Gasteiger partial charge < -0.3 is 15.4 Å². The molecular formula is C14H20Br2N2O2. The lowest BCUT2D eigenvalue weighted by Crippen LogP contribution is -2.39. The lowest BCUT2D eigenvalue weighted by atomic mass is 10.2. The molecule has 0 heterocycles. The molecule has 0 aromatic heterocycles. The van der Waals surface area contributed by atoms with E-state index >= 15 is 0 Å². The number of ether oxygens (including phenoxy) is 1. The van der Waals surface area contributed by atoms with Gasteiger partial charge in [-0.3, -0.25) is 4.79 Å². The van der Waals surface area contributed by atoms with E-state index in [9.17, 15) is 4.79 Å². The Labute approximate surface area is 136 Å². The number of carbonyl (C=O) groups excluding carboxylic acids is 1. The third kappa shape index (κ3) is 4.98. The van der Waals surface area contributed by atoms with Crippen molar-refractivity contribution < 1.29 is 9.53 Å². The highest BCUT2D eigenvalue weighted by molar-refractivity contribution is 9.11. The Morgan fingerprint density at radius 3 is 2.45 bits per heavy atom. The number of nitrogens with one attached hydrogen (secondary N) is 2. The van der Waals surface area contributed by atoms with E-state index in [1.807, 2.05) is 19.1 Å². The van der Waals surface area contributed by atoms with Crippen LogP contribution >= 0.6 is 31.9 Å². The molecule has 4 nitrogen and oxygen atoms in total. The summed E-state index contributed by atoms with van der Waals surface area (Å²) < 4.78 is 6.98. The standard InChI is InChI=1S/C14H20Br2N2O2/c1-8(2)7-17-14(19)9(3)18-12-6-13(20-4)11(16)5-10(12)15/h5-6,8-9,18H,7H2,1-4H3,(H,17,19). The first-order valence-corrected chi connectivity index (χ1v) is 8.01. The largest absolute Gasteiger partial charge is 0.495 e. The Bertz CT molecular complexity index is 478. The molecule has 1 unspecified atom stereocenters. The number of hydrogen-bond acceptors (Lipinski definition) is 3. The molecule has 0 radical (unpaired) electrons. The van der Waals surface area contributed by atoms with Crippen molar-refractivity contribution in [3.05, 3.63) is 21.1 Å². The highest BCUT2D eigenvalue weighted by Gasteiger charge is 2.15. The van der Waals surface area contributed by atoms with Gasteiger partial charge in [-0.25, -0.2) is 0 Å². The van der Waals surface area contributed by atoms with Crippen LogP contribution in [0.25, 0.3) is 0 Å². The van der Waals surface area contributed by atoms with Gasteiger partial charge in [0.05, 0.1) is 17.3 Å². The number of hydrogen-bond donors (Lipinski definition) is 2. The van der Waals surface area contributed by atoms with Crippen molar-refractivity contribution in [3.63, 3.8) is 0 Å². The van der Waals surface area contributed by atoms with E-state index in [4.69, 9.17) is 4.74 Å². The minimum absolute atomic E-state index is 0.0208. The van der Waals surface area contributed by atoms with Gasteiger partial charge in [0.15, 0.2) is 0 Å². The highest BCUT2D eigenvalue weighted by atomic mass is 79.9. The summed E-state index contributed by atoms with van der Waals surface area (Å²) in [6.45, 7) is 6.63. The number of amides is 1. The number of carbonyl (C=O) groups is 1. The zero-order chi connectivity index (χ0) is 15.3. The zero-order valence-corrected chi connectivity index (χ0v) is 15.3. The van der Waals surface area contributed by atoms with Crippen LogP contribution in [0.5, 0.6) is 5.75 Å². The summed E-state index contributed by atoms with van der Waals surface area (Å²) >= 11 is 6.89. The topological polar surface area (TPSA) is 50.4 Å². The Hall–Kier alpha value is -0.750. The predicted molar refractivity (Wildman–Crippen MR) is 89.3 cm³/mol. The van der Waals surface area contributed by atoms with Crippen molar-refractivity contribution in [2.75, 3.05) is 19.0 Å². The zero-order valence-electron chi connectivity index (χ0n) is 12.1. The summed E-state index contributed by atoms with van der Waals surface area (Å²) in [6, 6.07) is 3.41. The Kier molecular flexibility index (Phi) is 6.82.